The molecule has 0 unspecified atom stereocenters. The molecule has 0 saturated heterocycles. The van der Waals surface area contributed by atoms with Crippen molar-refractivity contribution in [2.24, 2.45) is 7.05 Å². The molecule has 3 aromatic rings. The topological polar surface area (TPSA) is 138 Å². The third kappa shape index (κ3) is 2.30. The van der Waals surface area contributed by atoms with E-state index in [-0.39, 0.29) is 46.5 Å². The maximum absolute atomic E-state index is 12.8. The van der Waals surface area contributed by atoms with Crippen molar-refractivity contribution in [1.29, 1.82) is 0 Å². The Hall–Kier alpha value is -3.69. The van der Waals surface area contributed by atoms with E-state index >= 15 is 0 Å². The number of nitrogens with two attached hydrogens (primary N) is 1. The smallest absolute Gasteiger partial charge is 0.278 e. The number of nitrogen functional groups attached to an aromatic ring is 1. The Morgan fingerprint density at radius 2 is 2.04 bits per heavy atom. The number of aromatic nitrogens is 5. The van der Waals surface area contributed by atoms with E-state index in [1.165, 1.54) is 19.5 Å². The van der Waals surface area contributed by atoms with Crippen LogP contribution in [0.1, 0.15) is 32.1 Å². The Morgan fingerprint density at radius 1 is 1.30 bits per heavy atom. The summed E-state index contributed by atoms with van der Waals surface area (Å²) in [7, 11) is 3.06. The predicted molar refractivity (Wildman–Crippen MR) is 95.6 cm³/mol. The summed E-state index contributed by atoms with van der Waals surface area (Å²) in [6, 6.07) is 0. The number of nitrogens with zero attached hydrogens (tertiary/aromatic N) is 4. The number of hydrogen-bond acceptors (Lipinski definition) is 7. The van der Waals surface area contributed by atoms with E-state index in [9.17, 15) is 14.4 Å². The fourth-order valence-electron chi connectivity index (χ4n) is 3.41. The van der Waals surface area contributed by atoms with Crippen LogP contribution in [0.3, 0.4) is 0 Å². The first-order chi connectivity index (χ1) is 12.8. The van der Waals surface area contributed by atoms with Crippen molar-refractivity contribution in [3.8, 4) is 0 Å². The first-order valence-corrected chi connectivity index (χ1v) is 8.07. The van der Waals surface area contributed by atoms with E-state index < -0.39 is 5.56 Å². The van der Waals surface area contributed by atoms with Crippen molar-refractivity contribution in [3.63, 3.8) is 0 Å². The van der Waals surface area contributed by atoms with Gasteiger partial charge in [0.1, 0.15) is 5.69 Å². The van der Waals surface area contributed by atoms with E-state index in [1.54, 1.807) is 23.1 Å². The van der Waals surface area contributed by atoms with Crippen molar-refractivity contribution in [2.45, 2.75) is 13.5 Å². The molecular formula is C17H16N6O4. The molecule has 0 bridgehead atoms. The van der Waals surface area contributed by atoms with Gasteiger partial charge in [0.15, 0.2) is 16.9 Å². The molecule has 138 valence electrons. The fourth-order valence-corrected chi connectivity index (χ4v) is 3.41. The van der Waals surface area contributed by atoms with Gasteiger partial charge in [-0.25, -0.2) is 4.98 Å². The van der Waals surface area contributed by atoms with Crippen molar-refractivity contribution < 1.29 is 14.3 Å². The van der Waals surface area contributed by atoms with Crippen LogP contribution in [0.15, 0.2) is 23.0 Å². The first kappa shape index (κ1) is 16.8. The van der Waals surface area contributed by atoms with Crippen molar-refractivity contribution in [3.05, 3.63) is 51.0 Å². The Balaban J connectivity index is 1.91. The Morgan fingerprint density at radius 3 is 2.74 bits per heavy atom. The van der Waals surface area contributed by atoms with Crippen LogP contribution in [-0.2, 0) is 18.3 Å². The Kier molecular flexibility index (Phi) is 3.51. The minimum atomic E-state index is -0.433. The molecule has 0 radical (unpaired) electrons. The average Bonchev–Trinajstić information content (AvgIpc) is 3.13. The Labute approximate surface area is 152 Å². The molecule has 0 aliphatic heterocycles. The van der Waals surface area contributed by atoms with E-state index in [1.807, 2.05) is 0 Å². The van der Waals surface area contributed by atoms with Gasteiger partial charge in [-0.15, -0.1) is 0 Å². The van der Waals surface area contributed by atoms with E-state index in [2.05, 4.69) is 15.0 Å². The van der Waals surface area contributed by atoms with Crippen molar-refractivity contribution >= 4 is 28.7 Å². The number of carbonyl (C=O) groups is 2. The number of hydrogen-bond donors (Lipinski definition) is 2. The summed E-state index contributed by atoms with van der Waals surface area (Å²) < 4.78 is 8.31. The van der Waals surface area contributed by atoms with Crippen molar-refractivity contribution in [2.75, 3.05) is 12.8 Å². The van der Waals surface area contributed by atoms with Crippen LogP contribution >= 0.6 is 0 Å². The van der Waals surface area contributed by atoms with Crippen LogP contribution in [-0.4, -0.2) is 42.8 Å². The van der Waals surface area contributed by atoms with Gasteiger partial charge >= 0.3 is 0 Å². The molecule has 10 heteroatoms. The molecule has 1 aliphatic rings. The largest absolute Gasteiger partial charge is 0.492 e. The summed E-state index contributed by atoms with van der Waals surface area (Å²) >= 11 is 0. The third-order valence-corrected chi connectivity index (χ3v) is 4.81. The zero-order valence-corrected chi connectivity index (χ0v) is 14.9. The van der Waals surface area contributed by atoms with Gasteiger partial charge in [-0.2, -0.15) is 4.98 Å². The standard InChI is InChI=1S/C17H16N6O4/c1-7-8(5-23-6-19-15-13(23)16(26)21-17(18)20-15)11-12(22(7)2)9(24)4-10(27-3)14(11)25/h4,6H,5H2,1-3H3,(H3,18,20,21,26). The lowest BCUT2D eigenvalue weighted by Crippen LogP contribution is -2.20. The minimum Gasteiger partial charge on any atom is -0.492 e. The lowest BCUT2D eigenvalue weighted by molar-refractivity contribution is 0.0913. The van der Waals surface area contributed by atoms with E-state index in [4.69, 9.17) is 10.5 Å². The molecule has 3 heterocycles. The summed E-state index contributed by atoms with van der Waals surface area (Å²) in [6.45, 7) is 1.97. The van der Waals surface area contributed by atoms with Gasteiger partial charge in [-0.3, -0.25) is 19.4 Å². The highest BCUT2D eigenvalue weighted by atomic mass is 16.5. The monoisotopic (exact) mass is 368 g/mol. The molecule has 3 N–H and O–H groups in total. The van der Waals surface area contributed by atoms with E-state index in [0.29, 0.717) is 11.3 Å². The zero-order valence-electron chi connectivity index (χ0n) is 14.9. The number of nitrogens with one attached hydrogen (secondary N) is 1. The van der Waals surface area contributed by atoms with Crippen LogP contribution in [0, 0.1) is 6.92 Å². The van der Waals surface area contributed by atoms with Gasteiger partial charge in [0, 0.05) is 24.4 Å². The van der Waals surface area contributed by atoms with Gasteiger partial charge < -0.3 is 19.6 Å². The highest BCUT2D eigenvalue weighted by Gasteiger charge is 2.34. The predicted octanol–water partition coefficient (Wildman–Crippen LogP) is 0.306. The fraction of sp³-hybridized carbons (Fsp3) is 0.235. The molecule has 0 fully saturated rings. The van der Waals surface area contributed by atoms with Gasteiger partial charge in [-0.05, 0) is 6.92 Å². The number of rotatable bonds is 3. The van der Waals surface area contributed by atoms with Gasteiger partial charge in [-0.1, -0.05) is 0 Å². The molecule has 10 nitrogen and oxygen atoms in total. The lowest BCUT2D eigenvalue weighted by atomic mass is 9.96. The third-order valence-electron chi connectivity index (χ3n) is 4.81. The normalized spacial score (nSPS) is 13.8. The summed E-state index contributed by atoms with van der Waals surface area (Å²) in [5.74, 6) is -0.712. The molecule has 1 aliphatic carbocycles. The number of methoxy groups -OCH3 is 1. The molecule has 0 atom stereocenters. The first-order valence-electron chi connectivity index (χ1n) is 8.07. The number of carbonyl (C=O) groups excluding carboxylic acids is 2. The number of Topliss-reactive ketones (excluding diaryl/α,β-unsaturated/α-hetero) is 1. The van der Waals surface area contributed by atoms with Gasteiger partial charge in [0.05, 0.1) is 25.5 Å². The zero-order chi connectivity index (χ0) is 19.5. The number of ketones is 2. The second-order valence-corrected chi connectivity index (χ2v) is 6.25. The van der Waals surface area contributed by atoms with Crippen LogP contribution < -0.4 is 11.3 Å². The van der Waals surface area contributed by atoms with Gasteiger partial charge in [0.25, 0.3) is 5.56 Å². The number of anilines is 1. The van der Waals surface area contributed by atoms with Crippen LogP contribution in [0.4, 0.5) is 5.95 Å². The molecule has 27 heavy (non-hydrogen) atoms. The maximum Gasteiger partial charge on any atom is 0.278 e. The SMILES string of the molecule is COC1=CC(=O)c2c(c(Cn3cnc4nc(N)[nH]c(=O)c43)c(C)n2C)C1=O. The van der Waals surface area contributed by atoms with E-state index in [0.717, 1.165) is 5.69 Å². The number of H-pyrrole nitrogens is 1. The van der Waals surface area contributed by atoms with Crippen LogP contribution in [0.2, 0.25) is 0 Å². The average molecular weight is 368 g/mol. The quantitative estimate of drug-likeness (QED) is 0.678. The van der Waals surface area contributed by atoms with Crippen LogP contribution in [0.5, 0.6) is 0 Å². The minimum absolute atomic E-state index is 0.0119. The van der Waals surface area contributed by atoms with Crippen molar-refractivity contribution in [1.82, 2.24) is 24.1 Å². The summed E-state index contributed by atoms with van der Waals surface area (Å²) in [5.41, 5.74) is 7.48. The lowest BCUT2D eigenvalue weighted by Gasteiger charge is -2.13. The molecule has 0 spiro atoms. The van der Waals surface area contributed by atoms with Gasteiger partial charge in [0.2, 0.25) is 17.5 Å². The molecule has 3 aromatic heterocycles. The number of allylic oxidation sites excluding steroid dienone is 2. The summed E-state index contributed by atoms with van der Waals surface area (Å²) in [5, 5.41) is 0. The number of aromatic amines is 1. The number of ether oxygens (including phenoxy) is 1. The van der Waals surface area contributed by atoms with Crippen LogP contribution in [0.25, 0.3) is 11.2 Å². The number of imidazole rings is 1. The summed E-state index contributed by atoms with van der Waals surface area (Å²) in [4.78, 5) is 48.1. The molecule has 0 saturated carbocycles. The summed E-state index contributed by atoms with van der Waals surface area (Å²) in [6.07, 6.45) is 2.64. The number of fused-ring (bicyclic) bond motifs is 2. The second kappa shape index (κ2) is 5.66. The molecule has 0 aromatic carbocycles. The molecular weight excluding hydrogens is 352 g/mol. The highest BCUT2D eigenvalue weighted by Crippen LogP contribution is 2.30. The Bertz CT molecular complexity index is 1230. The molecule has 0 amide bonds. The second-order valence-electron chi connectivity index (χ2n) is 6.25. The maximum atomic E-state index is 12.8. The highest BCUT2D eigenvalue weighted by molar-refractivity contribution is 6.24. The molecule has 4 rings (SSSR count).